The van der Waals surface area contributed by atoms with Crippen molar-refractivity contribution in [3.05, 3.63) is 28.8 Å². The first-order valence-electron chi connectivity index (χ1n) is 7.05. The molecule has 1 aliphatic heterocycles. The van der Waals surface area contributed by atoms with E-state index in [-0.39, 0.29) is 0 Å². The molecule has 1 heterocycles. The van der Waals surface area contributed by atoms with Crippen molar-refractivity contribution in [3.8, 4) is 5.75 Å². The number of benzene rings is 1. The predicted octanol–water partition coefficient (Wildman–Crippen LogP) is 2.87. The number of hydrogen-bond donors (Lipinski definition) is 1. The smallest absolute Gasteiger partial charge is 0.121 e. The van der Waals surface area contributed by atoms with Crippen LogP contribution in [0.5, 0.6) is 5.75 Å². The van der Waals surface area contributed by atoms with Crippen LogP contribution in [0.2, 0.25) is 0 Å². The summed E-state index contributed by atoms with van der Waals surface area (Å²) < 4.78 is 5.56. The van der Waals surface area contributed by atoms with Crippen molar-refractivity contribution in [2.45, 2.75) is 39.8 Å². The summed E-state index contributed by atoms with van der Waals surface area (Å²) in [5, 5.41) is 9.82. The summed E-state index contributed by atoms with van der Waals surface area (Å²) in [6, 6.07) is 4.17. The van der Waals surface area contributed by atoms with Gasteiger partial charge in [0.15, 0.2) is 0 Å². The first-order chi connectivity index (χ1) is 9.01. The van der Waals surface area contributed by atoms with Gasteiger partial charge >= 0.3 is 0 Å². The van der Waals surface area contributed by atoms with E-state index in [1.165, 1.54) is 12.0 Å². The normalized spacial score (nSPS) is 24.6. The van der Waals surface area contributed by atoms with Crippen LogP contribution in [0.4, 0.5) is 0 Å². The fraction of sp³-hybridized carbons (Fsp3) is 0.625. The molecule has 0 aliphatic carbocycles. The monoisotopic (exact) mass is 263 g/mol. The Kier molecular flexibility index (Phi) is 4.48. The lowest BCUT2D eigenvalue weighted by Crippen LogP contribution is -2.43. The largest absolute Gasteiger partial charge is 0.507 e. The van der Waals surface area contributed by atoms with Crippen LogP contribution in [0.3, 0.4) is 0 Å². The lowest BCUT2D eigenvalue weighted by molar-refractivity contribution is -0.00745. The van der Waals surface area contributed by atoms with Crippen LogP contribution in [0.1, 0.15) is 30.0 Å². The highest BCUT2D eigenvalue weighted by atomic mass is 16.5. The van der Waals surface area contributed by atoms with Gasteiger partial charge in [-0.25, -0.2) is 0 Å². The van der Waals surface area contributed by atoms with Gasteiger partial charge in [0.1, 0.15) is 5.75 Å². The summed E-state index contributed by atoms with van der Waals surface area (Å²) in [5.41, 5.74) is 3.20. The molecule has 0 bridgehead atoms. The number of likely N-dealkylation sites (tertiary alicyclic amines) is 1. The molecule has 2 atom stereocenters. The molecule has 3 nitrogen and oxygen atoms in total. The van der Waals surface area contributed by atoms with E-state index >= 15 is 0 Å². The lowest BCUT2D eigenvalue weighted by atomic mass is 9.95. The Bertz CT molecular complexity index is 421. The minimum atomic E-state index is 0.341. The third-order valence-electron chi connectivity index (χ3n) is 4.23. The highest BCUT2D eigenvalue weighted by Gasteiger charge is 2.25. The van der Waals surface area contributed by atoms with E-state index in [1.54, 1.807) is 7.11 Å². The van der Waals surface area contributed by atoms with E-state index in [0.717, 1.165) is 30.8 Å². The third kappa shape index (κ3) is 3.28. The minimum Gasteiger partial charge on any atom is -0.507 e. The zero-order chi connectivity index (χ0) is 14.0. The maximum absolute atomic E-state index is 9.82. The van der Waals surface area contributed by atoms with Crippen molar-refractivity contribution in [1.82, 2.24) is 4.90 Å². The van der Waals surface area contributed by atoms with Crippen LogP contribution in [-0.2, 0) is 11.3 Å². The number of aryl methyl sites for hydroxylation is 2. The van der Waals surface area contributed by atoms with Crippen molar-refractivity contribution in [2.75, 3.05) is 20.2 Å². The Labute approximate surface area is 116 Å². The van der Waals surface area contributed by atoms with E-state index in [1.807, 2.05) is 13.8 Å². The molecule has 1 aromatic rings. The third-order valence-corrected chi connectivity index (χ3v) is 4.23. The van der Waals surface area contributed by atoms with Gasteiger partial charge in [-0.3, -0.25) is 4.90 Å². The molecule has 0 aromatic heterocycles. The molecule has 1 saturated heterocycles. The zero-order valence-electron chi connectivity index (χ0n) is 12.4. The molecule has 0 radical (unpaired) electrons. The van der Waals surface area contributed by atoms with E-state index in [4.69, 9.17) is 4.74 Å². The number of aromatic hydroxyl groups is 1. The molecular formula is C16H25NO2. The average molecular weight is 263 g/mol. The molecule has 1 N–H and O–H groups in total. The van der Waals surface area contributed by atoms with Gasteiger partial charge < -0.3 is 9.84 Å². The van der Waals surface area contributed by atoms with Crippen LogP contribution in [0, 0.1) is 19.8 Å². The minimum absolute atomic E-state index is 0.341. The van der Waals surface area contributed by atoms with Crippen molar-refractivity contribution in [1.29, 1.82) is 0 Å². The van der Waals surface area contributed by atoms with Gasteiger partial charge in [-0.1, -0.05) is 19.1 Å². The second-order valence-corrected chi connectivity index (χ2v) is 5.85. The van der Waals surface area contributed by atoms with Crippen LogP contribution < -0.4 is 0 Å². The Morgan fingerprint density at radius 1 is 1.32 bits per heavy atom. The van der Waals surface area contributed by atoms with Gasteiger partial charge in [-0.2, -0.15) is 0 Å². The van der Waals surface area contributed by atoms with E-state index in [9.17, 15) is 5.11 Å². The number of methoxy groups -OCH3 is 1. The SMILES string of the molecule is COC1CN(Cc2cc(C)c(O)c(C)c2)CCC1C. The molecular weight excluding hydrogens is 238 g/mol. The van der Waals surface area contributed by atoms with E-state index in [0.29, 0.717) is 17.8 Å². The molecule has 0 amide bonds. The van der Waals surface area contributed by atoms with Crippen molar-refractivity contribution >= 4 is 0 Å². The maximum atomic E-state index is 9.82. The number of rotatable bonds is 3. The number of ether oxygens (including phenoxy) is 1. The molecule has 3 heteroatoms. The second kappa shape index (κ2) is 5.93. The molecule has 1 aliphatic rings. The van der Waals surface area contributed by atoms with Crippen LogP contribution in [-0.4, -0.2) is 36.3 Å². The highest BCUT2D eigenvalue weighted by Crippen LogP contribution is 2.25. The van der Waals surface area contributed by atoms with Gasteiger partial charge in [0, 0.05) is 20.2 Å². The maximum Gasteiger partial charge on any atom is 0.121 e. The molecule has 106 valence electrons. The van der Waals surface area contributed by atoms with Crippen LogP contribution in [0.25, 0.3) is 0 Å². The number of piperidine rings is 1. The molecule has 1 aromatic carbocycles. The quantitative estimate of drug-likeness (QED) is 0.910. The fourth-order valence-electron chi connectivity index (χ4n) is 2.94. The van der Waals surface area contributed by atoms with Crippen molar-refractivity contribution in [2.24, 2.45) is 5.92 Å². The van der Waals surface area contributed by atoms with E-state index in [2.05, 4.69) is 24.0 Å². The van der Waals surface area contributed by atoms with Gasteiger partial charge in [-0.15, -0.1) is 0 Å². The van der Waals surface area contributed by atoms with Gasteiger partial charge in [-0.05, 0) is 49.4 Å². The topological polar surface area (TPSA) is 32.7 Å². The molecule has 0 spiro atoms. The van der Waals surface area contributed by atoms with Gasteiger partial charge in [0.2, 0.25) is 0 Å². The Hall–Kier alpha value is -1.06. The number of phenolic OH excluding ortho intramolecular Hbond substituents is 1. The zero-order valence-corrected chi connectivity index (χ0v) is 12.4. The number of hydrogen-bond acceptors (Lipinski definition) is 3. The summed E-state index contributed by atoms with van der Waals surface area (Å²) in [4.78, 5) is 2.44. The van der Waals surface area contributed by atoms with Crippen LogP contribution in [0.15, 0.2) is 12.1 Å². The number of nitrogens with zero attached hydrogens (tertiary/aromatic N) is 1. The summed E-state index contributed by atoms with van der Waals surface area (Å²) in [7, 11) is 1.81. The molecule has 19 heavy (non-hydrogen) atoms. The Balaban J connectivity index is 2.05. The molecule has 2 unspecified atom stereocenters. The fourth-order valence-corrected chi connectivity index (χ4v) is 2.94. The van der Waals surface area contributed by atoms with Crippen molar-refractivity contribution in [3.63, 3.8) is 0 Å². The lowest BCUT2D eigenvalue weighted by Gasteiger charge is -2.36. The van der Waals surface area contributed by atoms with Gasteiger partial charge in [0.05, 0.1) is 6.10 Å². The Morgan fingerprint density at radius 3 is 2.53 bits per heavy atom. The highest BCUT2D eigenvalue weighted by molar-refractivity contribution is 5.42. The average Bonchev–Trinajstić information content (AvgIpc) is 2.38. The summed E-state index contributed by atoms with van der Waals surface area (Å²) in [6.45, 7) is 9.25. The standard InChI is InChI=1S/C16H25NO2/c1-11-5-6-17(10-15(11)19-4)9-14-7-12(2)16(18)13(3)8-14/h7-8,11,15,18H,5-6,9-10H2,1-4H3. The predicted molar refractivity (Wildman–Crippen MR) is 77.4 cm³/mol. The van der Waals surface area contributed by atoms with Crippen molar-refractivity contribution < 1.29 is 9.84 Å². The molecule has 0 saturated carbocycles. The van der Waals surface area contributed by atoms with E-state index < -0.39 is 0 Å². The summed E-state index contributed by atoms with van der Waals surface area (Å²) in [6.07, 6.45) is 1.53. The number of phenols is 1. The van der Waals surface area contributed by atoms with Gasteiger partial charge in [0.25, 0.3) is 0 Å². The second-order valence-electron chi connectivity index (χ2n) is 5.85. The first-order valence-corrected chi connectivity index (χ1v) is 7.05. The molecule has 1 fully saturated rings. The Morgan fingerprint density at radius 2 is 1.95 bits per heavy atom. The summed E-state index contributed by atoms with van der Waals surface area (Å²) in [5.74, 6) is 1.07. The first kappa shape index (κ1) is 14.4. The summed E-state index contributed by atoms with van der Waals surface area (Å²) >= 11 is 0. The van der Waals surface area contributed by atoms with Crippen LogP contribution >= 0.6 is 0 Å². The molecule has 2 rings (SSSR count).